The number of rotatable bonds is 2. The van der Waals surface area contributed by atoms with Crippen molar-refractivity contribution in [1.82, 2.24) is 4.98 Å². The second kappa shape index (κ2) is 4.51. The first-order valence-corrected chi connectivity index (χ1v) is 5.67. The number of hydrogen-bond donors (Lipinski definition) is 1. The van der Waals surface area contributed by atoms with Crippen LogP contribution in [0.1, 0.15) is 30.3 Å². The molecular weight excluding hydrogens is 202 g/mol. The molecule has 1 aromatic heterocycles. The monoisotopic (exact) mass is 219 g/mol. The van der Waals surface area contributed by atoms with Gasteiger partial charge in [-0.15, -0.1) is 0 Å². The van der Waals surface area contributed by atoms with Crippen molar-refractivity contribution in [2.24, 2.45) is 11.7 Å². The largest absolute Gasteiger partial charge is 0.371 e. The minimum Gasteiger partial charge on any atom is -0.371 e. The Morgan fingerprint density at radius 3 is 2.81 bits per heavy atom. The highest BCUT2D eigenvalue weighted by atomic mass is 16.1. The number of hydrogen-bond acceptors (Lipinski definition) is 3. The highest BCUT2D eigenvalue weighted by Crippen LogP contribution is 2.22. The fraction of sp³-hybridized carbons (Fsp3) is 0.500. The van der Waals surface area contributed by atoms with Crippen molar-refractivity contribution < 1.29 is 4.79 Å². The third-order valence-corrected chi connectivity index (χ3v) is 3.14. The smallest absolute Gasteiger partial charge is 0.267 e. The number of nitrogens with two attached hydrogens (primary N) is 1. The van der Waals surface area contributed by atoms with Gasteiger partial charge in [-0.25, -0.2) is 0 Å². The molecule has 4 nitrogen and oxygen atoms in total. The van der Waals surface area contributed by atoms with Gasteiger partial charge in [-0.05, 0) is 30.9 Å². The van der Waals surface area contributed by atoms with Crippen LogP contribution in [0.15, 0.2) is 18.3 Å². The number of nitrogens with zero attached hydrogens (tertiary/aromatic N) is 2. The van der Waals surface area contributed by atoms with E-state index in [1.807, 2.05) is 6.07 Å². The molecule has 0 atom stereocenters. The van der Waals surface area contributed by atoms with Crippen molar-refractivity contribution >= 4 is 11.6 Å². The molecule has 0 aliphatic carbocycles. The summed E-state index contributed by atoms with van der Waals surface area (Å²) in [5.41, 5.74) is 6.61. The van der Waals surface area contributed by atoms with Crippen molar-refractivity contribution in [3.05, 3.63) is 24.0 Å². The number of carbonyl (C=O) groups excluding carboxylic acids is 1. The molecule has 1 aliphatic heterocycles. The summed E-state index contributed by atoms with van der Waals surface area (Å²) in [6, 6.07) is 3.71. The van der Waals surface area contributed by atoms with Gasteiger partial charge in [0, 0.05) is 25.0 Å². The lowest BCUT2D eigenvalue weighted by atomic mass is 9.99. The quantitative estimate of drug-likeness (QED) is 0.818. The van der Waals surface area contributed by atoms with E-state index < -0.39 is 5.91 Å². The van der Waals surface area contributed by atoms with Gasteiger partial charge in [-0.2, -0.15) is 0 Å². The Morgan fingerprint density at radius 1 is 1.50 bits per heavy atom. The highest BCUT2D eigenvalue weighted by molar-refractivity contribution is 5.91. The standard InChI is InChI=1S/C12H17N3O/c1-9-3-6-15(7-4-9)10-2-5-14-11(8-10)12(13)16/h2,5,8-9H,3-4,6-7H2,1H3,(H2,13,16). The lowest BCUT2D eigenvalue weighted by molar-refractivity contribution is 0.0995. The van der Waals surface area contributed by atoms with Gasteiger partial charge in [0.15, 0.2) is 0 Å². The van der Waals surface area contributed by atoms with E-state index in [0.29, 0.717) is 5.69 Å². The zero-order chi connectivity index (χ0) is 11.5. The molecule has 0 saturated carbocycles. The molecule has 1 aliphatic rings. The summed E-state index contributed by atoms with van der Waals surface area (Å²) in [6.45, 7) is 4.37. The van der Waals surface area contributed by atoms with E-state index in [2.05, 4.69) is 16.8 Å². The number of carbonyl (C=O) groups is 1. The van der Waals surface area contributed by atoms with Crippen molar-refractivity contribution in [1.29, 1.82) is 0 Å². The van der Waals surface area contributed by atoms with Crippen LogP contribution < -0.4 is 10.6 Å². The normalized spacial score (nSPS) is 17.4. The Hall–Kier alpha value is -1.58. The summed E-state index contributed by atoms with van der Waals surface area (Å²) in [5, 5.41) is 0. The van der Waals surface area contributed by atoms with Crippen LogP contribution in [0.4, 0.5) is 5.69 Å². The van der Waals surface area contributed by atoms with E-state index in [-0.39, 0.29) is 0 Å². The number of primary amides is 1. The lowest BCUT2D eigenvalue weighted by Gasteiger charge is -2.32. The third-order valence-electron chi connectivity index (χ3n) is 3.14. The van der Waals surface area contributed by atoms with Gasteiger partial charge in [0.25, 0.3) is 5.91 Å². The summed E-state index contributed by atoms with van der Waals surface area (Å²) in [4.78, 5) is 17.3. The molecule has 0 radical (unpaired) electrons. The van der Waals surface area contributed by atoms with Crippen molar-refractivity contribution in [2.45, 2.75) is 19.8 Å². The first-order chi connectivity index (χ1) is 7.66. The first-order valence-electron chi connectivity index (χ1n) is 5.67. The van der Waals surface area contributed by atoms with Crippen molar-refractivity contribution in [3.63, 3.8) is 0 Å². The molecule has 2 heterocycles. The van der Waals surface area contributed by atoms with Gasteiger partial charge in [-0.1, -0.05) is 6.92 Å². The van der Waals surface area contributed by atoms with Crippen LogP contribution in [0, 0.1) is 5.92 Å². The maximum Gasteiger partial charge on any atom is 0.267 e. The van der Waals surface area contributed by atoms with Gasteiger partial charge in [0.05, 0.1) is 0 Å². The maximum absolute atomic E-state index is 11.0. The van der Waals surface area contributed by atoms with Crippen LogP contribution in [-0.2, 0) is 0 Å². The Bertz CT molecular complexity index is 384. The molecule has 1 saturated heterocycles. The van der Waals surface area contributed by atoms with Gasteiger partial charge in [0.1, 0.15) is 5.69 Å². The molecule has 1 fully saturated rings. The van der Waals surface area contributed by atoms with Gasteiger partial charge in [0.2, 0.25) is 0 Å². The Morgan fingerprint density at radius 2 is 2.19 bits per heavy atom. The molecule has 86 valence electrons. The zero-order valence-electron chi connectivity index (χ0n) is 9.52. The number of piperidine rings is 1. The molecule has 4 heteroatoms. The Balaban J connectivity index is 2.14. The van der Waals surface area contributed by atoms with Crippen LogP contribution >= 0.6 is 0 Å². The molecule has 0 unspecified atom stereocenters. The number of anilines is 1. The van der Waals surface area contributed by atoms with E-state index in [4.69, 9.17) is 5.73 Å². The minimum absolute atomic E-state index is 0.344. The van der Waals surface area contributed by atoms with E-state index in [1.165, 1.54) is 12.8 Å². The molecular formula is C12H17N3O. The van der Waals surface area contributed by atoms with Crippen molar-refractivity contribution in [2.75, 3.05) is 18.0 Å². The third kappa shape index (κ3) is 2.32. The van der Waals surface area contributed by atoms with Crippen LogP contribution in [0.2, 0.25) is 0 Å². The lowest BCUT2D eigenvalue weighted by Crippen LogP contribution is -2.33. The average Bonchev–Trinajstić information content (AvgIpc) is 2.30. The van der Waals surface area contributed by atoms with Crippen LogP contribution in [0.25, 0.3) is 0 Å². The van der Waals surface area contributed by atoms with E-state index in [1.54, 1.807) is 12.3 Å². The van der Waals surface area contributed by atoms with E-state index >= 15 is 0 Å². The fourth-order valence-corrected chi connectivity index (χ4v) is 2.02. The van der Waals surface area contributed by atoms with Gasteiger partial charge in [-0.3, -0.25) is 9.78 Å². The first kappa shape index (κ1) is 10.9. The predicted octanol–water partition coefficient (Wildman–Crippen LogP) is 1.42. The molecule has 0 bridgehead atoms. The second-order valence-corrected chi connectivity index (χ2v) is 4.43. The summed E-state index contributed by atoms with van der Waals surface area (Å²) < 4.78 is 0. The zero-order valence-corrected chi connectivity index (χ0v) is 9.52. The predicted molar refractivity (Wildman–Crippen MR) is 63.4 cm³/mol. The number of aromatic nitrogens is 1. The minimum atomic E-state index is -0.466. The SMILES string of the molecule is CC1CCN(c2ccnc(C(N)=O)c2)CC1. The van der Waals surface area contributed by atoms with E-state index in [0.717, 1.165) is 24.7 Å². The highest BCUT2D eigenvalue weighted by Gasteiger charge is 2.16. The van der Waals surface area contributed by atoms with Crippen LogP contribution in [0.3, 0.4) is 0 Å². The topological polar surface area (TPSA) is 59.2 Å². The summed E-state index contributed by atoms with van der Waals surface area (Å²) >= 11 is 0. The molecule has 1 amide bonds. The Labute approximate surface area is 95.5 Å². The number of amides is 1. The molecule has 0 spiro atoms. The molecule has 0 aromatic carbocycles. The summed E-state index contributed by atoms with van der Waals surface area (Å²) in [6.07, 6.45) is 4.05. The second-order valence-electron chi connectivity index (χ2n) is 4.43. The van der Waals surface area contributed by atoms with Crippen LogP contribution in [-0.4, -0.2) is 24.0 Å². The summed E-state index contributed by atoms with van der Waals surface area (Å²) in [7, 11) is 0. The van der Waals surface area contributed by atoms with Crippen LogP contribution in [0.5, 0.6) is 0 Å². The average molecular weight is 219 g/mol. The van der Waals surface area contributed by atoms with Gasteiger partial charge >= 0.3 is 0 Å². The number of pyridine rings is 1. The fourth-order valence-electron chi connectivity index (χ4n) is 2.02. The van der Waals surface area contributed by atoms with Crippen molar-refractivity contribution in [3.8, 4) is 0 Å². The molecule has 16 heavy (non-hydrogen) atoms. The Kier molecular flexibility index (Phi) is 3.08. The molecule has 2 rings (SSSR count). The van der Waals surface area contributed by atoms with E-state index in [9.17, 15) is 4.79 Å². The molecule has 2 N–H and O–H groups in total. The summed E-state index contributed by atoms with van der Waals surface area (Å²) in [5.74, 6) is 0.334. The molecule has 1 aromatic rings. The van der Waals surface area contributed by atoms with Gasteiger partial charge < -0.3 is 10.6 Å². The maximum atomic E-state index is 11.0.